The van der Waals surface area contributed by atoms with E-state index in [9.17, 15) is 33.3 Å². The Balaban J connectivity index is 0.000000149. The summed E-state index contributed by atoms with van der Waals surface area (Å²) in [5.74, 6) is 6.59. The Morgan fingerprint density at radius 1 is 0.623 bits per heavy atom. The number of aliphatic hydroxyl groups is 3. The van der Waals surface area contributed by atoms with Crippen LogP contribution in [0, 0.1) is 10.7 Å². The Morgan fingerprint density at radius 2 is 1.09 bits per heavy atom. The van der Waals surface area contributed by atoms with Gasteiger partial charge in [0.05, 0.1) is 104 Å². The summed E-state index contributed by atoms with van der Waals surface area (Å²) in [6.07, 6.45) is 18.8. The van der Waals surface area contributed by atoms with E-state index in [0.717, 1.165) is 158 Å². The number of nitrogens with zero attached hydrogens (tertiary/aromatic N) is 15. The van der Waals surface area contributed by atoms with Gasteiger partial charge in [-0.25, -0.2) is 38.5 Å². The van der Waals surface area contributed by atoms with Crippen LogP contribution in [0.25, 0.3) is 49.9 Å². The molecule has 0 radical (unpaired) electrons. The number of fused-ring (bicyclic) bond motifs is 3. The quantitative estimate of drug-likeness (QED) is 0.0364. The molecule has 0 bridgehead atoms. The number of methoxy groups -OCH3 is 2. The molecule has 30 heteroatoms. The highest BCUT2D eigenvalue weighted by atomic mass is 32.2. The standard InChI is InChI=1S/C27H39N7O4.C25H34N6O3.C24H30F3N5OS/c1-18(17-37-4)30-26-28-15-24-22(13-23(34(24)31-26)19-5-7-21(35)8-6-19)20-14-29-33(16-20)27(2,3)25(36)32-9-11-38-12-10-32;1-17(16-33-2)28-25-27-15-23-21(14-22(31(23)29-25)18-3-5-20(32)6-4-18)19-7-8-26-24(13-19)30-9-11-34-12-10-30;1-15(12-24(25,26)27)10-22-29-14-21-19(17-6-9-23(30-13-17)34(2,3)28)11-20(32(21)31-22)16-4-7-18(33)8-5-16/h13-16,18-19,21,35H,5-12,17H2,1-4H3,(H,30,31);7-8,13-15,17-18,20,32H,3-6,9-12,16H2,1-2H3,(H,28,29);6,9,11,13-16,18,28,33H,2,4-5,7-8,10,12H2,1,3H3/t18-,19?,21?;17-,18?,20?;15-,16?,18?,34?/m001/s1. The molecule has 0 spiro atoms. The molecule has 2 aliphatic heterocycles. The highest BCUT2D eigenvalue weighted by molar-refractivity contribution is 8.00. The predicted octanol–water partition coefficient (Wildman–Crippen LogP) is 11.0. The number of nitrogens with one attached hydrogen (secondary N) is 3. The summed E-state index contributed by atoms with van der Waals surface area (Å²) in [4.78, 5) is 40.1. The summed E-state index contributed by atoms with van der Waals surface area (Å²) in [5.41, 5.74) is 10.9. The van der Waals surface area contributed by atoms with Crippen LogP contribution in [-0.2, 0) is 45.1 Å². The molecule has 3 aliphatic carbocycles. The van der Waals surface area contributed by atoms with Gasteiger partial charge in [-0.3, -0.25) is 14.3 Å². The number of aromatic nitrogens is 13. The van der Waals surface area contributed by atoms with Gasteiger partial charge in [-0.15, -0.1) is 10.2 Å². The van der Waals surface area contributed by atoms with Crippen molar-refractivity contribution in [3.05, 3.63) is 109 Å². The van der Waals surface area contributed by atoms with E-state index >= 15 is 0 Å². The van der Waals surface area contributed by atoms with Crippen molar-refractivity contribution in [2.24, 2.45) is 5.92 Å². The van der Waals surface area contributed by atoms with Crippen molar-refractivity contribution >= 4 is 55.5 Å². The number of ether oxygens (including phenoxy) is 4. The molecular formula is C76H103F3N18O8S. The third kappa shape index (κ3) is 18.6. The van der Waals surface area contributed by atoms with Crippen LogP contribution < -0.4 is 15.5 Å². The molecule has 0 aromatic carbocycles. The van der Waals surface area contributed by atoms with Gasteiger partial charge in [0, 0.05) is 147 Å². The number of halogens is 3. The first-order chi connectivity index (χ1) is 50.8. The molecule has 5 aliphatic rings. The van der Waals surface area contributed by atoms with Crippen molar-refractivity contribution in [1.29, 1.82) is 4.78 Å². The first kappa shape index (κ1) is 77.4. The summed E-state index contributed by atoms with van der Waals surface area (Å²) < 4.78 is 75.6. The molecule has 9 aromatic heterocycles. The van der Waals surface area contributed by atoms with E-state index in [1.807, 2.05) is 89.3 Å². The number of carbonyl (C=O) groups excluding carboxylic acids is 1. The van der Waals surface area contributed by atoms with Crippen LogP contribution in [0.15, 0.2) is 90.9 Å². The van der Waals surface area contributed by atoms with E-state index in [2.05, 4.69) is 86.9 Å². The molecule has 1 amide bonds. The number of hydrogen-bond donors (Lipinski definition) is 6. The number of rotatable bonds is 21. The summed E-state index contributed by atoms with van der Waals surface area (Å²) in [7, 11) is 1.43. The minimum Gasteiger partial charge on any atom is -0.393 e. The molecule has 106 heavy (non-hydrogen) atoms. The van der Waals surface area contributed by atoms with Crippen LogP contribution in [0.5, 0.6) is 0 Å². The maximum atomic E-state index is 13.3. The van der Waals surface area contributed by atoms with Crippen LogP contribution in [0.3, 0.4) is 0 Å². The fourth-order valence-electron chi connectivity index (χ4n) is 15.2. The number of morpholine rings is 2. The summed E-state index contributed by atoms with van der Waals surface area (Å²) in [6, 6.07) is 14.6. The Bertz CT molecular complexity index is 4530. The first-order valence-electron chi connectivity index (χ1n) is 37.1. The van der Waals surface area contributed by atoms with Crippen molar-refractivity contribution in [3.8, 4) is 33.4 Å². The molecule has 26 nitrogen and oxygen atoms in total. The van der Waals surface area contributed by atoms with Crippen molar-refractivity contribution in [3.63, 3.8) is 0 Å². The number of hydrogen-bond acceptors (Lipinski definition) is 21. The predicted molar refractivity (Wildman–Crippen MR) is 403 cm³/mol. The lowest BCUT2D eigenvalue weighted by atomic mass is 9.85. The summed E-state index contributed by atoms with van der Waals surface area (Å²) >= 11 is 0. The second kappa shape index (κ2) is 33.9. The third-order valence-electron chi connectivity index (χ3n) is 20.9. The lowest BCUT2D eigenvalue weighted by Crippen LogP contribution is -2.51. The lowest BCUT2D eigenvalue weighted by molar-refractivity contribution is -0.144. The van der Waals surface area contributed by atoms with Crippen LogP contribution in [0.1, 0.15) is 159 Å². The molecule has 3 saturated carbocycles. The van der Waals surface area contributed by atoms with Crippen molar-refractivity contribution in [2.75, 3.05) is 102 Å². The second-order valence-electron chi connectivity index (χ2n) is 29.9. The second-order valence-corrected chi connectivity index (χ2v) is 32.5. The normalized spacial score (nSPS) is 21.9. The molecule has 4 atom stereocenters. The van der Waals surface area contributed by atoms with Crippen molar-refractivity contribution in [2.45, 2.75) is 189 Å². The van der Waals surface area contributed by atoms with Crippen LogP contribution in [-0.4, -0.2) is 218 Å². The third-order valence-corrected chi connectivity index (χ3v) is 22.1. The van der Waals surface area contributed by atoms with E-state index < -0.39 is 33.5 Å². The molecule has 5 fully saturated rings. The van der Waals surface area contributed by atoms with Crippen molar-refractivity contribution in [1.82, 2.24) is 68.4 Å². The highest BCUT2D eigenvalue weighted by Gasteiger charge is 2.37. The monoisotopic (exact) mass is 1480 g/mol. The van der Waals surface area contributed by atoms with Gasteiger partial charge in [-0.05, 0) is 159 Å². The Kier molecular flexibility index (Phi) is 24.8. The van der Waals surface area contributed by atoms with Gasteiger partial charge in [-0.1, -0.05) is 28.3 Å². The van der Waals surface area contributed by atoms with Gasteiger partial charge in [0.15, 0.2) is 0 Å². The number of alkyl halides is 3. The molecule has 14 rings (SSSR count). The zero-order valence-corrected chi connectivity index (χ0v) is 62.9. The topological polar surface area (TPSA) is 303 Å². The lowest BCUT2D eigenvalue weighted by Gasteiger charge is -2.34. The number of aliphatic hydroxyl groups excluding tert-OH is 3. The van der Waals surface area contributed by atoms with Crippen molar-refractivity contribution < 1.29 is 52.2 Å². The molecular weight excluding hydrogens is 1380 g/mol. The molecule has 11 heterocycles. The maximum Gasteiger partial charge on any atom is 0.389 e. The van der Waals surface area contributed by atoms with E-state index in [1.54, 1.807) is 44.5 Å². The number of carbonyl (C=O) groups is 1. The minimum absolute atomic E-state index is 0.0304. The van der Waals surface area contributed by atoms with E-state index in [-0.39, 0.29) is 54.6 Å². The first-order valence-corrected chi connectivity index (χ1v) is 39.3. The van der Waals surface area contributed by atoms with E-state index in [1.165, 1.54) is 5.69 Å². The molecule has 6 N–H and O–H groups in total. The van der Waals surface area contributed by atoms with Crippen LogP contribution in [0.4, 0.5) is 30.9 Å². The van der Waals surface area contributed by atoms with Crippen LogP contribution >= 0.6 is 0 Å². The fraction of sp³-hybridized carbons (Fsp3) is 0.566. The Hall–Kier alpha value is -8.23. The fourth-order valence-corrected chi connectivity index (χ4v) is 15.8. The average Bonchev–Trinajstić information content (AvgIpc) is 1.62. The van der Waals surface area contributed by atoms with E-state index in [0.29, 0.717) is 81.0 Å². The smallest absolute Gasteiger partial charge is 0.389 e. The van der Waals surface area contributed by atoms with Gasteiger partial charge in [0.1, 0.15) is 17.2 Å². The van der Waals surface area contributed by atoms with Gasteiger partial charge in [-0.2, -0.15) is 23.4 Å². The molecule has 9 aromatic rings. The van der Waals surface area contributed by atoms with Gasteiger partial charge in [0.2, 0.25) is 17.8 Å². The maximum absolute atomic E-state index is 13.3. The zero-order valence-electron chi connectivity index (χ0n) is 62.1. The largest absolute Gasteiger partial charge is 0.393 e. The van der Waals surface area contributed by atoms with Gasteiger partial charge in [0.25, 0.3) is 0 Å². The van der Waals surface area contributed by atoms with Gasteiger partial charge >= 0.3 is 6.18 Å². The van der Waals surface area contributed by atoms with Gasteiger partial charge < -0.3 is 54.7 Å². The summed E-state index contributed by atoms with van der Waals surface area (Å²) in [6.45, 7) is 16.0. The Labute approximate surface area is 617 Å². The molecule has 2 saturated heterocycles. The molecule has 572 valence electrons. The Morgan fingerprint density at radius 3 is 1.57 bits per heavy atom. The number of pyridine rings is 2. The minimum atomic E-state index is -4.22. The van der Waals surface area contributed by atoms with E-state index in [4.69, 9.17) is 33.9 Å². The SMILES string of the molecule is C=S(C)(=N)c1ccc(-c2cc(C3CCC(O)CC3)n3nc(C[C@@H](C)CC(F)(F)F)ncc23)cn1.COC[C@H](C)Nc1ncc2c(-c3ccnc(N4CCOCC4)c3)cc(C3CCC(O)CC3)n2n1.COC[C@H](C)Nc1ncc2c(-c3cnn(C(C)(C)C(=O)N4CCOCC4)c3)cc(C3CCC(O)CC3)n2n1. The number of anilines is 3. The average molecular weight is 1490 g/mol. The van der Waals surface area contributed by atoms with Crippen LogP contribution in [0.2, 0.25) is 0 Å². The molecule has 1 unspecified atom stereocenters. The highest BCUT2D eigenvalue weighted by Crippen LogP contribution is 2.42. The zero-order chi connectivity index (χ0) is 75.0. The summed E-state index contributed by atoms with van der Waals surface area (Å²) in [5, 5.41) is 56.4. The number of amides is 1.